The fraction of sp³-hybridized carbons (Fsp3) is 0.357. The number of aromatic nitrogens is 1. The van der Waals surface area contributed by atoms with Gasteiger partial charge in [0.05, 0.1) is 0 Å². The first-order valence-electron chi connectivity index (χ1n) is 5.84. The van der Waals surface area contributed by atoms with Crippen LogP contribution in [0.5, 0.6) is 0 Å². The zero-order chi connectivity index (χ0) is 12.4. The van der Waals surface area contributed by atoms with Gasteiger partial charge in [0.1, 0.15) is 13.0 Å². The molecule has 0 N–H and O–H groups in total. The van der Waals surface area contributed by atoms with Crippen LogP contribution in [-0.4, -0.2) is 28.7 Å². The molecule has 0 saturated carbocycles. The van der Waals surface area contributed by atoms with Gasteiger partial charge in [0.2, 0.25) is 0 Å². The lowest BCUT2D eigenvalue weighted by Gasteiger charge is -2.11. The Hall–Kier alpha value is -1.77. The van der Waals surface area contributed by atoms with Crippen molar-refractivity contribution in [2.24, 2.45) is 0 Å². The van der Waals surface area contributed by atoms with Gasteiger partial charge in [-0.05, 0) is 23.6 Å². The second kappa shape index (κ2) is 4.62. The highest BCUT2D eigenvalue weighted by molar-refractivity contribution is 5.87. The maximum Gasteiger partial charge on any atom is 0.398 e. The summed E-state index contributed by atoms with van der Waals surface area (Å²) in [6.07, 6.45) is 7.40. The van der Waals surface area contributed by atoms with Crippen molar-refractivity contribution in [2.45, 2.75) is 25.7 Å². The molecule has 3 nitrogen and oxygen atoms in total. The predicted molar refractivity (Wildman–Crippen MR) is 67.5 cm³/mol. The van der Waals surface area contributed by atoms with Crippen molar-refractivity contribution in [3.8, 4) is 0 Å². The van der Waals surface area contributed by atoms with Crippen molar-refractivity contribution in [3.05, 3.63) is 41.7 Å². The Morgan fingerprint density at radius 1 is 1.35 bits per heavy atom. The standard InChI is InChI=1S/C14H17N2O/c1-10(2)13-7-6-11(9-15-13)12-5-4-8-16(3)14(12)17/h4-10,12H,1-3H3/q+1. The van der Waals surface area contributed by atoms with E-state index in [0.29, 0.717) is 5.92 Å². The van der Waals surface area contributed by atoms with Gasteiger partial charge < -0.3 is 0 Å². The molecule has 2 heterocycles. The summed E-state index contributed by atoms with van der Waals surface area (Å²) in [6, 6.07) is 3.99. The van der Waals surface area contributed by atoms with Gasteiger partial charge in [-0.25, -0.2) is 4.79 Å². The van der Waals surface area contributed by atoms with Crippen LogP contribution in [0.4, 0.5) is 0 Å². The molecule has 1 aliphatic heterocycles. The average molecular weight is 229 g/mol. The SMILES string of the molecule is CC(C)c1ccc(C2C=CC=[N+](C)C2=O)cn1. The van der Waals surface area contributed by atoms with E-state index in [-0.39, 0.29) is 11.8 Å². The average Bonchev–Trinajstić information content (AvgIpc) is 2.33. The van der Waals surface area contributed by atoms with Crippen molar-refractivity contribution in [3.63, 3.8) is 0 Å². The van der Waals surface area contributed by atoms with Crippen LogP contribution in [0.2, 0.25) is 0 Å². The Morgan fingerprint density at radius 3 is 2.71 bits per heavy atom. The first-order chi connectivity index (χ1) is 8.09. The molecule has 17 heavy (non-hydrogen) atoms. The molecular weight excluding hydrogens is 212 g/mol. The van der Waals surface area contributed by atoms with E-state index in [2.05, 4.69) is 18.8 Å². The summed E-state index contributed by atoms with van der Waals surface area (Å²) in [6.45, 7) is 4.22. The Bertz CT molecular complexity index is 483. The number of nitrogens with zero attached hydrogens (tertiary/aromatic N) is 2. The summed E-state index contributed by atoms with van der Waals surface area (Å²) in [5, 5.41) is 0. The molecule has 3 heteroatoms. The summed E-state index contributed by atoms with van der Waals surface area (Å²) in [5.41, 5.74) is 2.01. The molecule has 1 aliphatic rings. The summed E-state index contributed by atoms with van der Waals surface area (Å²) in [7, 11) is 1.77. The molecule has 1 amide bonds. The lowest BCUT2D eigenvalue weighted by molar-refractivity contribution is -0.415. The van der Waals surface area contributed by atoms with Gasteiger partial charge in [-0.15, -0.1) is 0 Å². The van der Waals surface area contributed by atoms with Gasteiger partial charge in [-0.1, -0.05) is 26.0 Å². The molecule has 1 aromatic heterocycles. The molecular formula is C14H17N2O+. The van der Waals surface area contributed by atoms with Crippen LogP contribution in [-0.2, 0) is 4.79 Å². The largest absolute Gasteiger partial charge is 0.398 e. The smallest absolute Gasteiger partial charge is 0.261 e. The molecule has 88 valence electrons. The number of amides is 1. The van der Waals surface area contributed by atoms with Gasteiger partial charge in [-0.2, -0.15) is 4.58 Å². The highest BCUT2D eigenvalue weighted by Gasteiger charge is 2.28. The van der Waals surface area contributed by atoms with Gasteiger partial charge in [0, 0.05) is 11.9 Å². The monoisotopic (exact) mass is 229 g/mol. The number of pyridine rings is 1. The first kappa shape index (κ1) is 11.7. The summed E-state index contributed by atoms with van der Waals surface area (Å²) in [5.74, 6) is 0.308. The molecule has 0 radical (unpaired) electrons. The van der Waals surface area contributed by atoms with Crippen molar-refractivity contribution in [1.29, 1.82) is 0 Å². The molecule has 0 aliphatic carbocycles. The molecule has 1 aromatic rings. The Balaban J connectivity index is 2.27. The third-order valence-electron chi connectivity index (χ3n) is 2.99. The van der Waals surface area contributed by atoms with Crippen LogP contribution in [0.25, 0.3) is 0 Å². The number of carbonyl (C=O) groups excluding carboxylic acids is 1. The Labute approximate surface area is 102 Å². The maximum absolute atomic E-state index is 12.0. The van der Waals surface area contributed by atoms with E-state index >= 15 is 0 Å². The van der Waals surface area contributed by atoms with Crippen molar-refractivity contribution < 1.29 is 9.37 Å². The molecule has 0 fully saturated rings. The number of allylic oxidation sites excluding steroid dienone is 1. The quantitative estimate of drug-likeness (QED) is 0.728. The van der Waals surface area contributed by atoms with E-state index in [1.807, 2.05) is 24.3 Å². The van der Waals surface area contributed by atoms with Gasteiger partial charge >= 0.3 is 5.91 Å². The minimum Gasteiger partial charge on any atom is -0.261 e. The maximum atomic E-state index is 12.0. The van der Waals surface area contributed by atoms with Crippen LogP contribution < -0.4 is 0 Å². The number of hydrogen-bond acceptors (Lipinski definition) is 2. The van der Waals surface area contributed by atoms with Gasteiger partial charge in [-0.3, -0.25) is 4.98 Å². The second-order valence-electron chi connectivity index (χ2n) is 4.63. The summed E-state index contributed by atoms with van der Waals surface area (Å²) >= 11 is 0. The molecule has 0 bridgehead atoms. The summed E-state index contributed by atoms with van der Waals surface area (Å²) in [4.78, 5) is 16.4. The predicted octanol–water partition coefficient (Wildman–Crippen LogP) is 2.10. The number of likely N-dealkylation sites (N-methyl/N-ethyl adjacent to an activating group) is 1. The topological polar surface area (TPSA) is 33.0 Å². The first-order valence-corrected chi connectivity index (χ1v) is 5.84. The highest BCUT2D eigenvalue weighted by Crippen LogP contribution is 2.21. The minimum absolute atomic E-state index is 0.0894. The molecule has 2 rings (SSSR count). The third kappa shape index (κ3) is 2.33. The molecule has 0 spiro atoms. The lowest BCUT2D eigenvalue weighted by atomic mass is 9.97. The van der Waals surface area contributed by atoms with E-state index in [4.69, 9.17) is 0 Å². The van der Waals surface area contributed by atoms with Crippen LogP contribution in [0, 0.1) is 0 Å². The highest BCUT2D eigenvalue weighted by atomic mass is 16.2. The Morgan fingerprint density at radius 2 is 2.12 bits per heavy atom. The molecule has 0 saturated heterocycles. The van der Waals surface area contributed by atoms with Crippen molar-refractivity contribution in [2.75, 3.05) is 7.05 Å². The van der Waals surface area contributed by atoms with E-state index in [9.17, 15) is 4.79 Å². The van der Waals surface area contributed by atoms with Gasteiger partial charge in [0.15, 0.2) is 6.21 Å². The van der Waals surface area contributed by atoms with Gasteiger partial charge in [0.25, 0.3) is 0 Å². The van der Waals surface area contributed by atoms with Crippen LogP contribution in [0.1, 0.15) is 36.9 Å². The van der Waals surface area contributed by atoms with Crippen LogP contribution in [0.3, 0.4) is 0 Å². The zero-order valence-electron chi connectivity index (χ0n) is 10.4. The number of hydrogen-bond donors (Lipinski definition) is 0. The fourth-order valence-corrected chi connectivity index (χ4v) is 1.86. The number of carbonyl (C=O) groups is 1. The van der Waals surface area contributed by atoms with E-state index in [1.54, 1.807) is 24.0 Å². The van der Waals surface area contributed by atoms with E-state index in [1.165, 1.54) is 0 Å². The van der Waals surface area contributed by atoms with E-state index < -0.39 is 0 Å². The molecule has 0 aromatic carbocycles. The lowest BCUT2D eigenvalue weighted by Crippen LogP contribution is -2.26. The number of rotatable bonds is 2. The minimum atomic E-state index is -0.196. The molecule has 1 atom stereocenters. The molecule has 1 unspecified atom stereocenters. The normalized spacial score (nSPS) is 19.6. The van der Waals surface area contributed by atoms with Crippen molar-refractivity contribution in [1.82, 2.24) is 4.98 Å². The van der Waals surface area contributed by atoms with Crippen LogP contribution in [0.15, 0.2) is 30.5 Å². The Kier molecular flexibility index (Phi) is 3.18. The fourth-order valence-electron chi connectivity index (χ4n) is 1.86. The van der Waals surface area contributed by atoms with E-state index in [0.717, 1.165) is 11.3 Å². The van der Waals surface area contributed by atoms with Crippen LogP contribution >= 0.6 is 0 Å². The summed E-state index contributed by atoms with van der Waals surface area (Å²) < 4.78 is 1.61. The zero-order valence-corrected chi connectivity index (χ0v) is 10.4. The third-order valence-corrected chi connectivity index (χ3v) is 2.99. The second-order valence-corrected chi connectivity index (χ2v) is 4.63. The van der Waals surface area contributed by atoms with Crippen molar-refractivity contribution >= 4 is 12.1 Å².